The van der Waals surface area contributed by atoms with Crippen molar-refractivity contribution in [1.82, 2.24) is 0 Å². The first-order valence-electron chi connectivity index (χ1n) is 4.11. The molecule has 14 heavy (non-hydrogen) atoms. The summed E-state index contributed by atoms with van der Waals surface area (Å²) < 4.78 is 0. The standard InChI is InChI=1S/C10H10ClNO2/c1-7(13)9(11)10(14)12-8-5-3-2-4-6-8/h2-6,9H,1H3,(H,12,14). The number of amides is 1. The van der Waals surface area contributed by atoms with Gasteiger partial charge in [0.15, 0.2) is 11.2 Å². The first-order valence-corrected chi connectivity index (χ1v) is 4.55. The van der Waals surface area contributed by atoms with Crippen LogP contribution in [0.1, 0.15) is 6.92 Å². The number of alkyl halides is 1. The lowest BCUT2D eigenvalue weighted by Gasteiger charge is -2.06. The maximum absolute atomic E-state index is 11.3. The SMILES string of the molecule is CC(=O)C(Cl)C(=O)Nc1ccccc1. The first-order chi connectivity index (χ1) is 6.61. The zero-order valence-electron chi connectivity index (χ0n) is 7.66. The van der Waals surface area contributed by atoms with Crippen LogP contribution in [0.2, 0.25) is 0 Å². The second-order valence-corrected chi connectivity index (χ2v) is 3.26. The number of hydrogen-bond acceptors (Lipinski definition) is 2. The number of halogens is 1. The summed E-state index contributed by atoms with van der Waals surface area (Å²) in [6, 6.07) is 8.85. The summed E-state index contributed by atoms with van der Waals surface area (Å²) in [6.45, 7) is 1.28. The summed E-state index contributed by atoms with van der Waals surface area (Å²) in [7, 11) is 0. The van der Waals surface area contributed by atoms with Crippen molar-refractivity contribution in [1.29, 1.82) is 0 Å². The highest BCUT2D eigenvalue weighted by Gasteiger charge is 2.19. The Labute approximate surface area is 87.1 Å². The zero-order chi connectivity index (χ0) is 10.6. The van der Waals surface area contributed by atoms with Crippen LogP contribution in [0.15, 0.2) is 30.3 Å². The van der Waals surface area contributed by atoms with E-state index in [1.165, 1.54) is 6.92 Å². The highest BCUT2D eigenvalue weighted by Crippen LogP contribution is 2.07. The van der Waals surface area contributed by atoms with E-state index in [-0.39, 0.29) is 5.78 Å². The minimum atomic E-state index is -1.12. The van der Waals surface area contributed by atoms with Gasteiger partial charge in [-0.2, -0.15) is 0 Å². The number of benzene rings is 1. The third kappa shape index (κ3) is 2.85. The maximum atomic E-state index is 11.3. The van der Waals surface area contributed by atoms with Gasteiger partial charge in [0.25, 0.3) is 0 Å². The van der Waals surface area contributed by atoms with E-state index >= 15 is 0 Å². The molecule has 1 aromatic carbocycles. The van der Waals surface area contributed by atoms with E-state index in [1.54, 1.807) is 24.3 Å². The van der Waals surface area contributed by atoms with Crippen molar-refractivity contribution in [3.8, 4) is 0 Å². The Hall–Kier alpha value is -1.35. The van der Waals surface area contributed by atoms with Crippen molar-refractivity contribution in [3.63, 3.8) is 0 Å². The molecule has 1 unspecified atom stereocenters. The van der Waals surface area contributed by atoms with Crippen molar-refractivity contribution < 1.29 is 9.59 Å². The summed E-state index contributed by atoms with van der Waals surface area (Å²) in [5.41, 5.74) is 0.629. The lowest BCUT2D eigenvalue weighted by atomic mass is 10.2. The number of Topliss-reactive ketones (excluding diaryl/α,β-unsaturated/α-hetero) is 1. The summed E-state index contributed by atoms with van der Waals surface area (Å²) in [5, 5.41) is 1.42. The molecule has 3 nitrogen and oxygen atoms in total. The molecule has 0 saturated carbocycles. The van der Waals surface area contributed by atoms with Crippen molar-refractivity contribution in [3.05, 3.63) is 30.3 Å². The largest absolute Gasteiger partial charge is 0.324 e. The van der Waals surface area contributed by atoms with Crippen LogP contribution < -0.4 is 5.32 Å². The molecule has 1 amide bonds. The van der Waals surface area contributed by atoms with Crippen LogP contribution in [-0.2, 0) is 9.59 Å². The number of nitrogens with one attached hydrogen (secondary N) is 1. The molecule has 0 aliphatic heterocycles. The lowest BCUT2D eigenvalue weighted by molar-refractivity contribution is -0.123. The number of para-hydroxylation sites is 1. The molecule has 0 aliphatic carbocycles. The van der Waals surface area contributed by atoms with Gasteiger partial charge in [-0.05, 0) is 19.1 Å². The fourth-order valence-corrected chi connectivity index (χ4v) is 0.966. The number of ketones is 1. The number of carbonyl (C=O) groups excluding carboxylic acids is 2. The van der Waals surface area contributed by atoms with Gasteiger partial charge in [-0.25, -0.2) is 0 Å². The molecule has 1 N–H and O–H groups in total. The third-order valence-electron chi connectivity index (χ3n) is 1.63. The van der Waals surface area contributed by atoms with Crippen LogP contribution >= 0.6 is 11.6 Å². The van der Waals surface area contributed by atoms with Gasteiger partial charge in [0.2, 0.25) is 5.91 Å². The molecular formula is C10H10ClNO2. The number of hydrogen-bond donors (Lipinski definition) is 1. The van der Waals surface area contributed by atoms with Crippen LogP contribution in [0.5, 0.6) is 0 Å². The summed E-state index contributed by atoms with van der Waals surface area (Å²) in [5.74, 6) is -0.856. The lowest BCUT2D eigenvalue weighted by Crippen LogP contribution is -2.28. The quantitative estimate of drug-likeness (QED) is 0.613. The molecule has 1 aromatic rings. The van der Waals surface area contributed by atoms with Crippen molar-refractivity contribution >= 4 is 29.0 Å². The van der Waals surface area contributed by atoms with Gasteiger partial charge < -0.3 is 5.32 Å². The van der Waals surface area contributed by atoms with Crippen molar-refractivity contribution in [2.45, 2.75) is 12.3 Å². The Morgan fingerprint density at radius 1 is 1.29 bits per heavy atom. The van der Waals surface area contributed by atoms with E-state index in [9.17, 15) is 9.59 Å². The van der Waals surface area contributed by atoms with Gasteiger partial charge in [0, 0.05) is 5.69 Å². The Morgan fingerprint density at radius 2 is 1.86 bits per heavy atom. The average molecular weight is 212 g/mol. The Bertz CT molecular complexity index is 337. The molecule has 0 radical (unpaired) electrons. The molecule has 74 valence electrons. The van der Waals surface area contributed by atoms with Gasteiger partial charge in [-0.1, -0.05) is 18.2 Å². The van der Waals surface area contributed by atoms with Gasteiger partial charge in [0.1, 0.15) is 0 Å². The molecule has 4 heteroatoms. The summed E-state index contributed by atoms with van der Waals surface area (Å²) in [4.78, 5) is 22.1. The number of rotatable bonds is 3. The molecule has 0 saturated heterocycles. The van der Waals surface area contributed by atoms with E-state index in [2.05, 4.69) is 5.32 Å². The monoisotopic (exact) mass is 211 g/mol. The minimum absolute atomic E-state index is 0.361. The van der Waals surface area contributed by atoms with Gasteiger partial charge in [0.05, 0.1) is 0 Å². The average Bonchev–Trinajstić information content (AvgIpc) is 2.18. The molecule has 0 fully saturated rings. The first kappa shape index (κ1) is 10.7. The smallest absolute Gasteiger partial charge is 0.250 e. The fourth-order valence-electron chi connectivity index (χ4n) is 0.912. The topological polar surface area (TPSA) is 46.2 Å². The van der Waals surface area contributed by atoms with E-state index in [0.29, 0.717) is 5.69 Å². The van der Waals surface area contributed by atoms with Crippen molar-refractivity contribution in [2.75, 3.05) is 5.32 Å². The highest BCUT2D eigenvalue weighted by atomic mass is 35.5. The number of anilines is 1. The van der Waals surface area contributed by atoms with Crippen molar-refractivity contribution in [2.24, 2.45) is 0 Å². The molecule has 0 heterocycles. The molecule has 0 aromatic heterocycles. The Balaban J connectivity index is 2.62. The fraction of sp³-hybridized carbons (Fsp3) is 0.200. The van der Waals surface area contributed by atoms with Crippen LogP contribution in [-0.4, -0.2) is 17.1 Å². The molecule has 0 aliphatic rings. The Morgan fingerprint density at radius 3 is 2.36 bits per heavy atom. The number of carbonyl (C=O) groups is 2. The Kier molecular flexibility index (Phi) is 3.65. The molecule has 0 bridgehead atoms. The highest BCUT2D eigenvalue weighted by molar-refractivity contribution is 6.42. The van der Waals surface area contributed by atoms with Gasteiger partial charge in [-0.15, -0.1) is 11.6 Å². The predicted molar refractivity (Wildman–Crippen MR) is 55.4 cm³/mol. The minimum Gasteiger partial charge on any atom is -0.324 e. The molecule has 1 rings (SSSR count). The molecule has 0 spiro atoms. The molecular weight excluding hydrogens is 202 g/mol. The second-order valence-electron chi connectivity index (χ2n) is 2.83. The van der Waals surface area contributed by atoms with Crippen LogP contribution in [0.4, 0.5) is 5.69 Å². The van der Waals surface area contributed by atoms with Gasteiger partial charge >= 0.3 is 0 Å². The predicted octanol–water partition coefficient (Wildman–Crippen LogP) is 1.82. The summed E-state index contributed by atoms with van der Waals surface area (Å²) in [6.07, 6.45) is 0. The second kappa shape index (κ2) is 4.77. The molecule has 1 atom stereocenters. The van der Waals surface area contributed by atoms with Crippen LogP contribution in [0.3, 0.4) is 0 Å². The van der Waals surface area contributed by atoms with Crippen LogP contribution in [0, 0.1) is 0 Å². The van der Waals surface area contributed by atoms with E-state index in [0.717, 1.165) is 0 Å². The summed E-state index contributed by atoms with van der Waals surface area (Å²) >= 11 is 5.55. The normalized spacial score (nSPS) is 11.9. The maximum Gasteiger partial charge on any atom is 0.250 e. The zero-order valence-corrected chi connectivity index (χ0v) is 8.41. The van der Waals surface area contributed by atoms with E-state index < -0.39 is 11.3 Å². The van der Waals surface area contributed by atoms with E-state index in [1.807, 2.05) is 6.07 Å². The van der Waals surface area contributed by atoms with E-state index in [4.69, 9.17) is 11.6 Å². The van der Waals surface area contributed by atoms with Crippen LogP contribution in [0.25, 0.3) is 0 Å². The third-order valence-corrected chi connectivity index (χ3v) is 2.13. The van der Waals surface area contributed by atoms with Gasteiger partial charge in [-0.3, -0.25) is 9.59 Å².